The first-order chi connectivity index (χ1) is 10.1. The lowest BCUT2D eigenvalue weighted by Crippen LogP contribution is -2.19. The lowest BCUT2D eigenvalue weighted by atomic mass is 10.1. The molecule has 0 aromatic heterocycles. The Balaban J connectivity index is 2.45. The molecule has 0 bridgehead atoms. The molecule has 112 valence electrons. The maximum atomic E-state index is 14.3. The summed E-state index contributed by atoms with van der Waals surface area (Å²) < 4.78 is 28.7. The highest BCUT2D eigenvalue weighted by atomic mass is 19.1. The second-order valence-electron chi connectivity index (χ2n) is 5.02. The zero-order valence-corrected chi connectivity index (χ0v) is 12.6. The third kappa shape index (κ3) is 3.39. The Labute approximate surface area is 124 Å². The second kappa shape index (κ2) is 6.68. The van der Waals surface area contributed by atoms with Gasteiger partial charge in [-0.15, -0.1) is 0 Å². The van der Waals surface area contributed by atoms with Crippen LogP contribution in [0.5, 0.6) is 0 Å². The maximum absolute atomic E-state index is 14.3. The van der Waals surface area contributed by atoms with Gasteiger partial charge in [0.05, 0.1) is 0 Å². The zero-order valence-electron chi connectivity index (χ0n) is 12.6. The van der Waals surface area contributed by atoms with E-state index in [1.807, 2.05) is 38.1 Å². The highest BCUT2D eigenvalue weighted by Crippen LogP contribution is 2.31. The van der Waals surface area contributed by atoms with E-state index < -0.39 is 11.6 Å². The first-order valence-electron chi connectivity index (χ1n) is 7.03. The molecule has 2 rings (SSSR count). The van der Waals surface area contributed by atoms with Crippen LogP contribution in [0.15, 0.2) is 36.4 Å². The van der Waals surface area contributed by atoms with Gasteiger partial charge in [-0.3, -0.25) is 0 Å². The van der Waals surface area contributed by atoms with E-state index in [-0.39, 0.29) is 5.69 Å². The number of rotatable bonds is 5. The summed E-state index contributed by atoms with van der Waals surface area (Å²) in [6, 6.07) is 10.4. The number of hydrogen-bond acceptors (Lipinski definition) is 2. The highest BCUT2D eigenvalue weighted by Gasteiger charge is 2.18. The summed E-state index contributed by atoms with van der Waals surface area (Å²) in [5, 5.41) is 2.89. The van der Waals surface area contributed by atoms with E-state index in [2.05, 4.69) is 5.32 Å². The van der Waals surface area contributed by atoms with Crippen molar-refractivity contribution < 1.29 is 8.78 Å². The minimum Gasteiger partial charge on any atom is -0.337 e. The van der Waals surface area contributed by atoms with Crippen molar-refractivity contribution in [3.63, 3.8) is 0 Å². The van der Waals surface area contributed by atoms with Crippen molar-refractivity contribution in [3.05, 3.63) is 59.2 Å². The SMILES string of the molecule is CCN(c1ccc(C)cc1)c1c(F)cc(CNC)cc1F. The molecule has 1 N–H and O–H groups in total. The van der Waals surface area contributed by atoms with Crippen molar-refractivity contribution >= 4 is 11.4 Å². The van der Waals surface area contributed by atoms with Crippen LogP contribution in [0.1, 0.15) is 18.1 Å². The fourth-order valence-corrected chi connectivity index (χ4v) is 2.38. The second-order valence-corrected chi connectivity index (χ2v) is 5.02. The molecule has 0 atom stereocenters. The summed E-state index contributed by atoms with van der Waals surface area (Å²) in [5.74, 6) is -1.08. The van der Waals surface area contributed by atoms with Gasteiger partial charge in [0.2, 0.25) is 0 Å². The Bertz CT molecular complexity index is 586. The minimum atomic E-state index is -0.539. The third-order valence-corrected chi connectivity index (χ3v) is 3.39. The Kier molecular flexibility index (Phi) is 4.91. The molecule has 0 saturated heterocycles. The van der Waals surface area contributed by atoms with E-state index in [4.69, 9.17) is 0 Å². The summed E-state index contributed by atoms with van der Waals surface area (Å²) in [4.78, 5) is 1.65. The Morgan fingerprint density at radius 2 is 1.62 bits per heavy atom. The molecule has 0 amide bonds. The predicted octanol–water partition coefficient (Wildman–Crippen LogP) is 4.15. The molecule has 0 radical (unpaired) electrons. The molecule has 0 aliphatic carbocycles. The van der Waals surface area contributed by atoms with Crippen LogP contribution in [0, 0.1) is 18.6 Å². The van der Waals surface area contributed by atoms with Crippen LogP contribution in [0.3, 0.4) is 0 Å². The third-order valence-electron chi connectivity index (χ3n) is 3.39. The first kappa shape index (κ1) is 15.4. The normalized spacial score (nSPS) is 10.7. The standard InChI is InChI=1S/C17H20F2N2/c1-4-21(14-7-5-12(2)6-8-14)17-15(18)9-13(11-20-3)10-16(17)19/h5-10,20H,4,11H2,1-3H3. The Hall–Kier alpha value is -1.94. The van der Waals surface area contributed by atoms with Crippen LogP contribution in [0.4, 0.5) is 20.2 Å². The number of aryl methyl sites for hydroxylation is 1. The van der Waals surface area contributed by atoms with Gasteiger partial charge in [0.15, 0.2) is 0 Å². The lowest BCUT2D eigenvalue weighted by Gasteiger charge is -2.25. The number of nitrogens with zero attached hydrogens (tertiary/aromatic N) is 1. The van der Waals surface area contributed by atoms with Crippen molar-refractivity contribution in [2.75, 3.05) is 18.5 Å². The van der Waals surface area contributed by atoms with E-state index in [1.54, 1.807) is 11.9 Å². The molecular formula is C17H20F2N2. The molecule has 0 aliphatic heterocycles. The number of anilines is 2. The van der Waals surface area contributed by atoms with Crippen molar-refractivity contribution in [2.45, 2.75) is 20.4 Å². The van der Waals surface area contributed by atoms with Crippen LogP contribution in [-0.2, 0) is 6.54 Å². The van der Waals surface area contributed by atoms with Gasteiger partial charge in [0.25, 0.3) is 0 Å². The van der Waals surface area contributed by atoms with E-state index >= 15 is 0 Å². The summed E-state index contributed by atoms with van der Waals surface area (Å²) in [5.41, 5.74) is 2.49. The average Bonchev–Trinajstić information content (AvgIpc) is 2.44. The zero-order chi connectivity index (χ0) is 15.4. The van der Waals surface area contributed by atoms with Crippen molar-refractivity contribution in [2.24, 2.45) is 0 Å². The van der Waals surface area contributed by atoms with Crippen molar-refractivity contribution in [1.82, 2.24) is 5.32 Å². The van der Waals surface area contributed by atoms with Crippen molar-refractivity contribution in [3.8, 4) is 0 Å². The lowest BCUT2D eigenvalue weighted by molar-refractivity contribution is 0.576. The topological polar surface area (TPSA) is 15.3 Å². The Morgan fingerprint density at radius 1 is 1.05 bits per heavy atom. The van der Waals surface area contributed by atoms with E-state index in [0.29, 0.717) is 18.7 Å². The molecule has 0 heterocycles. The van der Waals surface area contributed by atoms with Gasteiger partial charge in [-0.1, -0.05) is 17.7 Å². The molecule has 2 aromatic carbocycles. The van der Waals surface area contributed by atoms with Crippen LogP contribution < -0.4 is 10.2 Å². The molecule has 0 fully saturated rings. The quantitative estimate of drug-likeness (QED) is 0.890. The first-order valence-corrected chi connectivity index (χ1v) is 7.03. The molecular weight excluding hydrogens is 270 g/mol. The fourth-order valence-electron chi connectivity index (χ4n) is 2.38. The molecule has 0 saturated carbocycles. The van der Waals surface area contributed by atoms with Gasteiger partial charge in [-0.2, -0.15) is 0 Å². The predicted molar refractivity (Wildman–Crippen MR) is 83.0 cm³/mol. The number of nitrogens with one attached hydrogen (secondary N) is 1. The number of halogens is 2. The molecule has 2 aromatic rings. The minimum absolute atomic E-state index is 0.00112. The maximum Gasteiger partial charge on any atom is 0.150 e. The largest absolute Gasteiger partial charge is 0.337 e. The molecule has 0 aliphatic rings. The van der Waals surface area contributed by atoms with Crippen LogP contribution in [0.2, 0.25) is 0 Å². The van der Waals surface area contributed by atoms with E-state index in [0.717, 1.165) is 11.3 Å². The fraction of sp³-hybridized carbons (Fsp3) is 0.294. The summed E-state index contributed by atoms with van der Waals surface area (Å²) in [7, 11) is 1.74. The monoisotopic (exact) mass is 290 g/mol. The average molecular weight is 290 g/mol. The summed E-state index contributed by atoms with van der Waals surface area (Å²) in [6.07, 6.45) is 0. The molecule has 4 heteroatoms. The van der Waals surface area contributed by atoms with Gasteiger partial charge in [-0.05, 0) is 50.7 Å². The smallest absolute Gasteiger partial charge is 0.150 e. The molecule has 2 nitrogen and oxygen atoms in total. The van der Waals surface area contributed by atoms with Gasteiger partial charge >= 0.3 is 0 Å². The number of hydrogen-bond donors (Lipinski definition) is 1. The summed E-state index contributed by atoms with van der Waals surface area (Å²) >= 11 is 0. The number of benzene rings is 2. The summed E-state index contributed by atoms with van der Waals surface area (Å²) in [6.45, 7) is 4.78. The molecule has 0 spiro atoms. The van der Waals surface area contributed by atoms with Crippen LogP contribution in [0.25, 0.3) is 0 Å². The van der Waals surface area contributed by atoms with E-state index in [9.17, 15) is 8.78 Å². The van der Waals surface area contributed by atoms with E-state index in [1.165, 1.54) is 12.1 Å². The van der Waals surface area contributed by atoms with Gasteiger partial charge < -0.3 is 10.2 Å². The van der Waals surface area contributed by atoms with Gasteiger partial charge in [0, 0.05) is 18.8 Å². The molecule has 21 heavy (non-hydrogen) atoms. The van der Waals surface area contributed by atoms with Crippen LogP contribution in [-0.4, -0.2) is 13.6 Å². The Morgan fingerprint density at radius 3 is 2.10 bits per heavy atom. The highest BCUT2D eigenvalue weighted by molar-refractivity contribution is 5.65. The molecule has 0 unspecified atom stereocenters. The van der Waals surface area contributed by atoms with Gasteiger partial charge in [0.1, 0.15) is 17.3 Å². The van der Waals surface area contributed by atoms with Crippen molar-refractivity contribution in [1.29, 1.82) is 0 Å². The van der Waals surface area contributed by atoms with Crippen LogP contribution >= 0.6 is 0 Å². The van der Waals surface area contributed by atoms with Gasteiger partial charge in [-0.25, -0.2) is 8.78 Å².